The van der Waals surface area contributed by atoms with Crippen LogP contribution in [0.2, 0.25) is 0 Å². The van der Waals surface area contributed by atoms with E-state index in [-0.39, 0.29) is 12.1 Å². The van der Waals surface area contributed by atoms with Gasteiger partial charge in [0.1, 0.15) is 0 Å². The Balaban J connectivity index is 2.09. The van der Waals surface area contributed by atoms with Crippen molar-refractivity contribution in [1.29, 1.82) is 0 Å². The Labute approximate surface area is 97.7 Å². The van der Waals surface area contributed by atoms with Crippen LogP contribution in [-0.2, 0) is 0 Å². The van der Waals surface area contributed by atoms with Gasteiger partial charge in [0, 0.05) is 18.3 Å². The highest BCUT2D eigenvalue weighted by Gasteiger charge is 2.29. The summed E-state index contributed by atoms with van der Waals surface area (Å²) in [4.78, 5) is 13.2. The lowest BCUT2D eigenvalue weighted by Crippen LogP contribution is -2.25. The molecular formula is C12H12N2OS. The van der Waals surface area contributed by atoms with Gasteiger partial charge in [-0.15, -0.1) is 11.3 Å². The largest absolute Gasteiger partial charge is 0.336 e. The zero-order valence-corrected chi connectivity index (χ0v) is 9.75. The summed E-state index contributed by atoms with van der Waals surface area (Å²) >= 11 is 1.74. The normalized spacial score (nSPS) is 20.4. The second kappa shape index (κ2) is 3.49. The smallest absolute Gasteiger partial charge is 0.317 e. The molecule has 1 fully saturated rings. The summed E-state index contributed by atoms with van der Waals surface area (Å²) in [5.41, 5.74) is 1.25. The summed E-state index contributed by atoms with van der Waals surface area (Å²) in [7, 11) is 1.85. The van der Waals surface area contributed by atoms with Crippen LogP contribution in [-0.4, -0.2) is 24.5 Å². The maximum atomic E-state index is 11.4. The van der Waals surface area contributed by atoms with Gasteiger partial charge in [0.2, 0.25) is 0 Å². The molecule has 1 aliphatic heterocycles. The van der Waals surface area contributed by atoms with E-state index in [0.717, 1.165) is 0 Å². The maximum absolute atomic E-state index is 11.4. The Kier molecular flexibility index (Phi) is 2.11. The van der Waals surface area contributed by atoms with Gasteiger partial charge in [-0.05, 0) is 22.4 Å². The van der Waals surface area contributed by atoms with Crippen LogP contribution in [0, 0.1) is 0 Å². The Morgan fingerprint density at radius 2 is 2.25 bits per heavy atom. The van der Waals surface area contributed by atoms with Crippen molar-refractivity contribution in [2.24, 2.45) is 0 Å². The van der Waals surface area contributed by atoms with Crippen LogP contribution in [0.1, 0.15) is 11.6 Å². The van der Waals surface area contributed by atoms with E-state index < -0.39 is 0 Å². The fourth-order valence-electron chi connectivity index (χ4n) is 2.16. The molecule has 0 radical (unpaired) electrons. The molecule has 0 aliphatic carbocycles. The summed E-state index contributed by atoms with van der Waals surface area (Å²) in [6.07, 6.45) is 0. The highest BCUT2D eigenvalue weighted by Crippen LogP contribution is 2.33. The molecule has 1 atom stereocenters. The van der Waals surface area contributed by atoms with E-state index in [1.807, 2.05) is 19.2 Å². The number of hydrogen-bond acceptors (Lipinski definition) is 2. The third kappa shape index (κ3) is 1.30. The van der Waals surface area contributed by atoms with Crippen LogP contribution >= 0.6 is 11.3 Å². The fourth-order valence-corrected chi connectivity index (χ4v) is 3.17. The molecule has 2 amide bonds. The van der Waals surface area contributed by atoms with Crippen molar-refractivity contribution in [2.45, 2.75) is 6.04 Å². The number of carbonyl (C=O) groups excluding carboxylic acids is 1. The van der Waals surface area contributed by atoms with Crippen LogP contribution < -0.4 is 5.32 Å². The predicted molar refractivity (Wildman–Crippen MR) is 65.7 cm³/mol. The maximum Gasteiger partial charge on any atom is 0.317 e. The zero-order valence-electron chi connectivity index (χ0n) is 8.93. The van der Waals surface area contributed by atoms with E-state index in [1.54, 1.807) is 16.2 Å². The van der Waals surface area contributed by atoms with Gasteiger partial charge in [-0.3, -0.25) is 0 Å². The second-order valence-electron chi connectivity index (χ2n) is 4.00. The van der Waals surface area contributed by atoms with E-state index in [2.05, 4.69) is 22.8 Å². The molecule has 2 aromatic rings. The minimum Gasteiger partial charge on any atom is -0.336 e. The monoisotopic (exact) mass is 232 g/mol. The number of thiophene rings is 1. The molecule has 82 valence electrons. The molecule has 3 nitrogen and oxygen atoms in total. The Morgan fingerprint density at radius 1 is 1.44 bits per heavy atom. The fraction of sp³-hybridized carbons (Fsp3) is 0.250. The lowest BCUT2D eigenvalue weighted by atomic mass is 10.1. The summed E-state index contributed by atoms with van der Waals surface area (Å²) < 4.78 is 1.28. The Morgan fingerprint density at radius 3 is 3.00 bits per heavy atom. The summed E-state index contributed by atoms with van der Waals surface area (Å²) in [6.45, 7) is 0.704. The van der Waals surface area contributed by atoms with Gasteiger partial charge in [-0.2, -0.15) is 0 Å². The van der Waals surface area contributed by atoms with Crippen molar-refractivity contribution >= 4 is 27.5 Å². The highest BCUT2D eigenvalue weighted by atomic mass is 32.1. The van der Waals surface area contributed by atoms with Crippen molar-refractivity contribution in [2.75, 3.05) is 13.6 Å². The molecule has 0 spiro atoms. The number of fused-ring (bicyclic) bond motifs is 1. The molecule has 1 N–H and O–H groups in total. The van der Waals surface area contributed by atoms with Crippen molar-refractivity contribution in [3.8, 4) is 0 Å². The number of nitrogens with zero attached hydrogens (tertiary/aromatic N) is 1. The number of rotatable bonds is 1. The number of hydrogen-bond donors (Lipinski definition) is 1. The van der Waals surface area contributed by atoms with E-state index >= 15 is 0 Å². The molecule has 1 aromatic heterocycles. The number of benzene rings is 1. The number of likely N-dealkylation sites (N-methyl/N-ethyl adjacent to an activating group) is 1. The molecule has 2 heterocycles. The van der Waals surface area contributed by atoms with Crippen LogP contribution in [0.4, 0.5) is 4.79 Å². The van der Waals surface area contributed by atoms with Gasteiger partial charge in [-0.1, -0.05) is 18.2 Å². The minimum absolute atomic E-state index is 0.0141. The van der Waals surface area contributed by atoms with Gasteiger partial charge < -0.3 is 10.2 Å². The van der Waals surface area contributed by atoms with Crippen molar-refractivity contribution in [3.05, 3.63) is 35.2 Å². The lowest BCUT2D eigenvalue weighted by molar-refractivity contribution is 0.217. The highest BCUT2D eigenvalue weighted by molar-refractivity contribution is 7.17. The third-order valence-electron chi connectivity index (χ3n) is 3.10. The molecule has 0 saturated carbocycles. The van der Waals surface area contributed by atoms with Gasteiger partial charge in [-0.25, -0.2) is 4.79 Å². The van der Waals surface area contributed by atoms with Crippen LogP contribution in [0.15, 0.2) is 29.6 Å². The molecule has 1 aliphatic rings. The van der Waals surface area contributed by atoms with Crippen LogP contribution in [0.25, 0.3) is 10.1 Å². The van der Waals surface area contributed by atoms with E-state index in [9.17, 15) is 4.79 Å². The first-order valence-electron chi connectivity index (χ1n) is 5.24. The Bertz CT molecular complexity index is 549. The van der Waals surface area contributed by atoms with Crippen LogP contribution in [0.3, 0.4) is 0 Å². The number of urea groups is 1. The molecule has 16 heavy (non-hydrogen) atoms. The van der Waals surface area contributed by atoms with Gasteiger partial charge in [0.25, 0.3) is 0 Å². The lowest BCUT2D eigenvalue weighted by Gasteiger charge is -2.17. The van der Waals surface area contributed by atoms with Crippen molar-refractivity contribution in [3.63, 3.8) is 0 Å². The first kappa shape index (κ1) is 9.66. The summed E-state index contributed by atoms with van der Waals surface area (Å²) in [6, 6.07) is 8.52. The summed E-state index contributed by atoms with van der Waals surface area (Å²) in [5, 5.41) is 6.29. The molecule has 1 aromatic carbocycles. The molecule has 4 heteroatoms. The second-order valence-corrected chi connectivity index (χ2v) is 4.91. The number of nitrogens with one attached hydrogen (secondary N) is 1. The average Bonchev–Trinajstić information content (AvgIpc) is 2.85. The first-order chi connectivity index (χ1) is 7.77. The Hall–Kier alpha value is -1.55. The van der Waals surface area contributed by atoms with Crippen LogP contribution in [0.5, 0.6) is 0 Å². The zero-order chi connectivity index (χ0) is 11.1. The van der Waals surface area contributed by atoms with E-state index in [1.165, 1.54) is 15.6 Å². The molecule has 1 unspecified atom stereocenters. The van der Waals surface area contributed by atoms with Crippen molar-refractivity contribution in [1.82, 2.24) is 10.2 Å². The number of amides is 2. The third-order valence-corrected chi connectivity index (χ3v) is 4.09. The topological polar surface area (TPSA) is 32.3 Å². The standard InChI is InChI=1S/C12H12N2OS/c1-14-10(6-13-12(14)15)9-7-16-11-5-3-2-4-8(9)11/h2-5,7,10H,6H2,1H3,(H,13,15). The van der Waals surface area contributed by atoms with Gasteiger partial charge in [0.15, 0.2) is 0 Å². The van der Waals surface area contributed by atoms with E-state index in [0.29, 0.717) is 6.54 Å². The van der Waals surface area contributed by atoms with Crippen molar-refractivity contribution < 1.29 is 4.79 Å². The van der Waals surface area contributed by atoms with E-state index in [4.69, 9.17) is 0 Å². The number of carbonyl (C=O) groups is 1. The van der Waals surface area contributed by atoms with Gasteiger partial charge in [0.05, 0.1) is 6.04 Å². The SMILES string of the molecule is CN1C(=O)NCC1c1csc2ccccc12. The molecule has 1 saturated heterocycles. The predicted octanol–water partition coefficient (Wildman–Crippen LogP) is 2.60. The first-order valence-corrected chi connectivity index (χ1v) is 6.12. The van der Waals surface area contributed by atoms with Gasteiger partial charge >= 0.3 is 6.03 Å². The molecule has 3 rings (SSSR count). The molecule has 0 bridgehead atoms. The average molecular weight is 232 g/mol. The molecular weight excluding hydrogens is 220 g/mol. The summed E-state index contributed by atoms with van der Waals surface area (Å²) in [5.74, 6) is 0. The quantitative estimate of drug-likeness (QED) is 0.805. The minimum atomic E-state index is 0.0141.